The molecule has 0 aliphatic rings. The molecule has 28 heavy (non-hydrogen) atoms. The molecule has 0 spiro atoms. The number of aromatic nitrogens is 2. The predicted molar refractivity (Wildman–Crippen MR) is 118 cm³/mol. The molecule has 0 fully saturated rings. The highest BCUT2D eigenvalue weighted by molar-refractivity contribution is 7.99. The Morgan fingerprint density at radius 1 is 1.29 bits per heavy atom. The molecule has 3 rings (SSSR count). The van der Waals surface area contributed by atoms with Crippen molar-refractivity contribution in [3.8, 4) is 5.69 Å². The van der Waals surface area contributed by atoms with E-state index in [0.29, 0.717) is 17.1 Å². The molecule has 1 N–H and O–H groups in total. The lowest BCUT2D eigenvalue weighted by Gasteiger charge is -2.15. The fourth-order valence-electron chi connectivity index (χ4n) is 2.93. The topological polar surface area (TPSA) is 64.0 Å². The average Bonchev–Trinajstić information content (AvgIpc) is 2.95. The number of aryl methyl sites for hydroxylation is 3. The minimum absolute atomic E-state index is 0.0884. The second kappa shape index (κ2) is 8.32. The van der Waals surface area contributed by atoms with Gasteiger partial charge in [-0.15, -0.1) is 17.9 Å². The zero-order valence-electron chi connectivity index (χ0n) is 16.5. The van der Waals surface area contributed by atoms with Crippen LogP contribution in [0, 0.1) is 27.7 Å². The molecule has 1 amide bonds. The molecular formula is C21H23N3O2S2. The highest BCUT2D eigenvalue weighted by Crippen LogP contribution is 2.30. The van der Waals surface area contributed by atoms with Gasteiger partial charge in [0.2, 0.25) is 5.91 Å². The summed E-state index contributed by atoms with van der Waals surface area (Å²) >= 11 is 2.79. The van der Waals surface area contributed by atoms with E-state index in [1.807, 2.05) is 45.9 Å². The molecule has 0 saturated heterocycles. The number of carbonyl (C=O) groups excluding carboxylic acids is 1. The van der Waals surface area contributed by atoms with Crippen molar-refractivity contribution in [2.24, 2.45) is 0 Å². The lowest BCUT2D eigenvalue weighted by atomic mass is 10.1. The SMILES string of the molecule is C=CCNC(=O)CSc1nc2sc(C)c(C)c2c(=O)n1-c1cccc(C)c1C. The second-order valence-corrected chi connectivity index (χ2v) is 8.74. The van der Waals surface area contributed by atoms with Gasteiger partial charge in [-0.05, 0) is 50.5 Å². The van der Waals surface area contributed by atoms with Crippen LogP contribution in [0.3, 0.4) is 0 Å². The number of hydrogen-bond acceptors (Lipinski definition) is 5. The summed E-state index contributed by atoms with van der Waals surface area (Å²) in [7, 11) is 0. The van der Waals surface area contributed by atoms with Gasteiger partial charge in [-0.1, -0.05) is 30.0 Å². The quantitative estimate of drug-likeness (QED) is 0.376. The van der Waals surface area contributed by atoms with Gasteiger partial charge in [-0.25, -0.2) is 4.98 Å². The maximum absolute atomic E-state index is 13.5. The van der Waals surface area contributed by atoms with Crippen LogP contribution in [0.2, 0.25) is 0 Å². The molecule has 2 heterocycles. The smallest absolute Gasteiger partial charge is 0.267 e. The Labute approximate surface area is 172 Å². The first-order chi connectivity index (χ1) is 13.3. The van der Waals surface area contributed by atoms with Crippen molar-refractivity contribution in [1.29, 1.82) is 0 Å². The van der Waals surface area contributed by atoms with Crippen LogP contribution < -0.4 is 10.9 Å². The first-order valence-corrected chi connectivity index (χ1v) is 10.7. The summed E-state index contributed by atoms with van der Waals surface area (Å²) in [5.41, 5.74) is 3.80. The Kier molecular flexibility index (Phi) is 6.05. The summed E-state index contributed by atoms with van der Waals surface area (Å²) < 4.78 is 1.65. The molecule has 0 bridgehead atoms. The molecule has 0 saturated carbocycles. The first kappa shape index (κ1) is 20.4. The minimum Gasteiger partial charge on any atom is -0.352 e. The Morgan fingerprint density at radius 3 is 2.75 bits per heavy atom. The van der Waals surface area contributed by atoms with Crippen LogP contribution >= 0.6 is 23.1 Å². The molecule has 2 aromatic heterocycles. The van der Waals surface area contributed by atoms with Gasteiger partial charge >= 0.3 is 0 Å². The van der Waals surface area contributed by atoms with E-state index in [9.17, 15) is 9.59 Å². The number of carbonyl (C=O) groups is 1. The van der Waals surface area contributed by atoms with Gasteiger partial charge in [-0.3, -0.25) is 14.2 Å². The van der Waals surface area contributed by atoms with Crippen LogP contribution in [0.25, 0.3) is 15.9 Å². The summed E-state index contributed by atoms with van der Waals surface area (Å²) in [6.45, 7) is 12.0. The number of thiophene rings is 1. The fraction of sp³-hybridized carbons (Fsp3) is 0.286. The van der Waals surface area contributed by atoms with Crippen molar-refractivity contribution in [1.82, 2.24) is 14.9 Å². The van der Waals surface area contributed by atoms with Gasteiger partial charge in [0.1, 0.15) is 4.83 Å². The Hall–Kier alpha value is -2.38. The summed E-state index contributed by atoms with van der Waals surface area (Å²) in [5.74, 6) is 0.0605. The third-order valence-electron chi connectivity index (χ3n) is 4.77. The number of benzene rings is 1. The molecule has 146 valence electrons. The van der Waals surface area contributed by atoms with E-state index in [1.165, 1.54) is 23.1 Å². The van der Waals surface area contributed by atoms with Gasteiger partial charge in [0, 0.05) is 11.4 Å². The van der Waals surface area contributed by atoms with Gasteiger partial charge in [0.05, 0.1) is 16.8 Å². The monoisotopic (exact) mass is 413 g/mol. The number of rotatable bonds is 6. The van der Waals surface area contributed by atoms with E-state index in [4.69, 9.17) is 4.98 Å². The fourth-order valence-corrected chi connectivity index (χ4v) is 4.84. The normalized spacial score (nSPS) is 11.0. The summed E-state index contributed by atoms with van der Waals surface area (Å²) in [5, 5.41) is 3.94. The van der Waals surface area contributed by atoms with Crippen molar-refractivity contribution in [2.45, 2.75) is 32.9 Å². The van der Waals surface area contributed by atoms with Crippen LogP contribution in [-0.2, 0) is 4.79 Å². The zero-order chi connectivity index (χ0) is 20.4. The van der Waals surface area contributed by atoms with E-state index in [2.05, 4.69) is 11.9 Å². The van der Waals surface area contributed by atoms with Crippen molar-refractivity contribution >= 4 is 39.2 Å². The van der Waals surface area contributed by atoms with Gasteiger partial charge < -0.3 is 5.32 Å². The number of hydrogen-bond donors (Lipinski definition) is 1. The maximum Gasteiger partial charge on any atom is 0.267 e. The Bertz CT molecular complexity index is 1130. The molecule has 0 radical (unpaired) electrons. The molecule has 3 aromatic rings. The van der Waals surface area contributed by atoms with Gasteiger partial charge in [0.15, 0.2) is 5.16 Å². The highest BCUT2D eigenvalue weighted by Gasteiger charge is 2.20. The van der Waals surface area contributed by atoms with Crippen molar-refractivity contribution < 1.29 is 4.79 Å². The zero-order valence-corrected chi connectivity index (χ0v) is 18.1. The van der Waals surface area contributed by atoms with Crippen LogP contribution in [0.15, 0.2) is 40.8 Å². The predicted octanol–water partition coefficient (Wildman–Crippen LogP) is 4.08. The number of nitrogens with one attached hydrogen (secondary N) is 1. The van der Waals surface area contributed by atoms with Gasteiger partial charge in [-0.2, -0.15) is 0 Å². The van der Waals surface area contributed by atoms with E-state index < -0.39 is 0 Å². The average molecular weight is 414 g/mol. The maximum atomic E-state index is 13.5. The molecule has 7 heteroatoms. The Morgan fingerprint density at radius 2 is 2.04 bits per heavy atom. The highest BCUT2D eigenvalue weighted by atomic mass is 32.2. The van der Waals surface area contributed by atoms with Crippen LogP contribution in [-0.4, -0.2) is 27.8 Å². The van der Waals surface area contributed by atoms with E-state index in [1.54, 1.807) is 10.6 Å². The molecular weight excluding hydrogens is 390 g/mol. The molecule has 5 nitrogen and oxygen atoms in total. The number of thioether (sulfide) groups is 1. The van der Waals surface area contributed by atoms with Crippen LogP contribution in [0.5, 0.6) is 0 Å². The molecule has 0 aliphatic heterocycles. The first-order valence-electron chi connectivity index (χ1n) is 8.94. The van der Waals surface area contributed by atoms with E-state index in [-0.39, 0.29) is 17.2 Å². The third-order valence-corrected chi connectivity index (χ3v) is 6.80. The summed E-state index contributed by atoms with van der Waals surface area (Å²) in [6, 6.07) is 5.88. The van der Waals surface area contributed by atoms with E-state index in [0.717, 1.165) is 32.1 Å². The summed E-state index contributed by atoms with van der Waals surface area (Å²) in [6.07, 6.45) is 1.64. The van der Waals surface area contributed by atoms with Crippen LogP contribution in [0.1, 0.15) is 21.6 Å². The lowest BCUT2D eigenvalue weighted by molar-refractivity contribution is -0.118. The minimum atomic E-state index is -0.120. The molecule has 0 aliphatic carbocycles. The molecule has 1 aromatic carbocycles. The van der Waals surface area contributed by atoms with Crippen LogP contribution in [0.4, 0.5) is 0 Å². The number of fused-ring (bicyclic) bond motifs is 1. The second-order valence-electron chi connectivity index (χ2n) is 6.60. The molecule has 0 unspecified atom stereocenters. The van der Waals surface area contributed by atoms with E-state index >= 15 is 0 Å². The van der Waals surface area contributed by atoms with Crippen molar-refractivity contribution in [3.63, 3.8) is 0 Å². The largest absolute Gasteiger partial charge is 0.352 e. The molecule has 0 atom stereocenters. The number of nitrogens with zero attached hydrogens (tertiary/aromatic N) is 2. The van der Waals surface area contributed by atoms with Gasteiger partial charge in [0.25, 0.3) is 5.56 Å². The standard InChI is InChI=1S/C21H23N3O2S2/c1-6-10-22-17(25)11-27-21-23-19-18(14(4)15(5)28-19)20(26)24(21)16-9-7-8-12(2)13(16)3/h6-9H,1,10-11H2,2-5H3,(H,22,25). The van der Waals surface area contributed by atoms with Crippen molar-refractivity contribution in [3.05, 3.63) is 62.8 Å². The lowest BCUT2D eigenvalue weighted by Crippen LogP contribution is -2.26. The Balaban J connectivity index is 2.18. The number of amides is 1. The summed E-state index contributed by atoms with van der Waals surface area (Å²) in [4.78, 5) is 32.1. The third kappa shape index (κ3) is 3.77. The van der Waals surface area contributed by atoms with Crippen molar-refractivity contribution in [2.75, 3.05) is 12.3 Å².